The Morgan fingerprint density at radius 2 is 1.93 bits per heavy atom. The molecule has 1 atom stereocenters. The summed E-state index contributed by atoms with van der Waals surface area (Å²) in [5.74, 6) is 0.724. The van der Waals surface area contributed by atoms with Crippen molar-refractivity contribution in [3.05, 3.63) is 21.9 Å². The van der Waals surface area contributed by atoms with Crippen molar-refractivity contribution in [2.24, 2.45) is 0 Å². The maximum atomic E-state index is 2.33. The molecule has 0 saturated carbocycles. The van der Waals surface area contributed by atoms with Crippen molar-refractivity contribution >= 4 is 11.3 Å². The lowest BCUT2D eigenvalue weighted by Gasteiger charge is -2.20. The number of hydrogen-bond acceptors (Lipinski definition) is 1. The van der Waals surface area contributed by atoms with Gasteiger partial charge in [0.15, 0.2) is 0 Å². The van der Waals surface area contributed by atoms with E-state index in [2.05, 4.69) is 46.8 Å². The zero-order chi connectivity index (χ0) is 10.8. The van der Waals surface area contributed by atoms with Crippen LogP contribution < -0.4 is 0 Å². The van der Waals surface area contributed by atoms with E-state index >= 15 is 0 Å². The van der Waals surface area contributed by atoms with E-state index in [-0.39, 0.29) is 0 Å². The Bertz CT molecular complexity index is 283. The first-order valence-corrected chi connectivity index (χ1v) is 6.43. The largest absolute Gasteiger partial charge is 0.145 e. The minimum Gasteiger partial charge on any atom is -0.145 e. The zero-order valence-corrected chi connectivity index (χ0v) is 10.9. The lowest BCUT2D eigenvalue weighted by molar-refractivity contribution is 0.517. The molecule has 0 saturated heterocycles. The average Bonchev–Trinajstić information content (AvgIpc) is 2.66. The normalized spacial score (nSPS) is 14.4. The Labute approximate surface area is 92.4 Å². The van der Waals surface area contributed by atoms with Crippen LogP contribution in [0, 0.1) is 0 Å². The van der Waals surface area contributed by atoms with Crippen molar-refractivity contribution in [1.82, 2.24) is 0 Å². The van der Waals surface area contributed by atoms with E-state index in [9.17, 15) is 0 Å². The smallest absolute Gasteiger partial charge is 0.0104 e. The lowest BCUT2D eigenvalue weighted by atomic mass is 9.89. The molecule has 1 heterocycles. The second kappa shape index (κ2) is 4.48. The summed E-state index contributed by atoms with van der Waals surface area (Å²) < 4.78 is 0. The lowest BCUT2D eigenvalue weighted by Crippen LogP contribution is -2.12. The van der Waals surface area contributed by atoms with Crippen LogP contribution in [0.4, 0.5) is 0 Å². The summed E-state index contributed by atoms with van der Waals surface area (Å²) in [4.78, 5) is 3.08. The van der Waals surface area contributed by atoms with Gasteiger partial charge in [-0.1, -0.05) is 34.6 Å². The van der Waals surface area contributed by atoms with Gasteiger partial charge in [0.2, 0.25) is 0 Å². The van der Waals surface area contributed by atoms with Gasteiger partial charge in [-0.2, -0.15) is 0 Å². The molecule has 0 bridgehead atoms. The molecule has 1 rings (SSSR count). The molecule has 0 nitrogen and oxygen atoms in total. The Hall–Kier alpha value is -0.300. The highest BCUT2D eigenvalue weighted by molar-refractivity contribution is 7.12. The van der Waals surface area contributed by atoms with Crippen molar-refractivity contribution in [2.45, 2.75) is 58.8 Å². The van der Waals surface area contributed by atoms with Gasteiger partial charge in [-0.15, -0.1) is 11.3 Å². The molecule has 0 spiro atoms. The topological polar surface area (TPSA) is 0 Å². The summed E-state index contributed by atoms with van der Waals surface area (Å²) in [6, 6.07) is 4.63. The first-order valence-electron chi connectivity index (χ1n) is 5.61. The Balaban J connectivity index is 2.88. The number of thiophene rings is 1. The van der Waals surface area contributed by atoms with E-state index in [1.165, 1.54) is 17.7 Å². The zero-order valence-electron chi connectivity index (χ0n) is 10.1. The van der Waals surface area contributed by atoms with Gasteiger partial charge in [0, 0.05) is 9.75 Å². The van der Waals surface area contributed by atoms with E-state index in [1.54, 1.807) is 4.88 Å². The van der Waals surface area contributed by atoms with Crippen LogP contribution in [0.5, 0.6) is 0 Å². The minimum absolute atomic E-state index is 0.358. The molecule has 1 aromatic rings. The quantitative estimate of drug-likeness (QED) is 0.659. The fourth-order valence-corrected chi connectivity index (χ4v) is 2.67. The van der Waals surface area contributed by atoms with Crippen molar-refractivity contribution in [2.75, 3.05) is 0 Å². The summed E-state index contributed by atoms with van der Waals surface area (Å²) in [6.45, 7) is 11.5. The molecule has 14 heavy (non-hydrogen) atoms. The standard InChI is InChI=1S/C13H22S/c1-6-10(3)11-8-9-12(14-11)13(4,5)7-2/h8-10H,6-7H2,1-5H3. The molecule has 0 aliphatic carbocycles. The summed E-state index contributed by atoms with van der Waals surface area (Å²) in [7, 11) is 0. The second-order valence-corrected chi connectivity index (χ2v) is 5.86. The monoisotopic (exact) mass is 210 g/mol. The molecule has 80 valence electrons. The Morgan fingerprint density at radius 1 is 1.29 bits per heavy atom. The van der Waals surface area contributed by atoms with Crippen molar-refractivity contribution < 1.29 is 0 Å². The molecule has 0 radical (unpaired) electrons. The van der Waals surface area contributed by atoms with Crippen LogP contribution in [0.15, 0.2) is 12.1 Å². The molecule has 0 aromatic carbocycles. The maximum absolute atomic E-state index is 2.33. The summed E-state index contributed by atoms with van der Waals surface area (Å²) in [5, 5.41) is 0. The summed E-state index contributed by atoms with van der Waals surface area (Å²) in [5.41, 5.74) is 0.358. The molecule has 1 heteroatoms. The van der Waals surface area contributed by atoms with Gasteiger partial charge in [-0.3, -0.25) is 0 Å². The molecule has 1 aromatic heterocycles. The van der Waals surface area contributed by atoms with E-state index in [0.717, 1.165) is 5.92 Å². The van der Waals surface area contributed by atoms with Gasteiger partial charge in [-0.05, 0) is 36.3 Å². The van der Waals surface area contributed by atoms with Crippen LogP contribution in [0.2, 0.25) is 0 Å². The summed E-state index contributed by atoms with van der Waals surface area (Å²) in [6.07, 6.45) is 2.46. The molecule has 0 N–H and O–H groups in total. The second-order valence-electron chi connectivity index (χ2n) is 4.75. The molecule has 0 aliphatic heterocycles. The number of rotatable bonds is 4. The van der Waals surface area contributed by atoms with Crippen LogP contribution >= 0.6 is 11.3 Å². The van der Waals surface area contributed by atoms with E-state index < -0.39 is 0 Å². The Morgan fingerprint density at radius 3 is 2.43 bits per heavy atom. The average molecular weight is 210 g/mol. The van der Waals surface area contributed by atoms with Crippen LogP contribution in [-0.2, 0) is 5.41 Å². The van der Waals surface area contributed by atoms with Crippen LogP contribution in [-0.4, -0.2) is 0 Å². The number of hydrogen-bond donors (Lipinski definition) is 0. The molecule has 0 aliphatic rings. The first-order chi connectivity index (χ1) is 6.51. The highest BCUT2D eigenvalue weighted by Crippen LogP contribution is 2.35. The SMILES string of the molecule is CCC(C)c1ccc(C(C)(C)CC)s1. The van der Waals surface area contributed by atoms with E-state index in [4.69, 9.17) is 0 Å². The minimum atomic E-state index is 0.358. The molecule has 0 amide bonds. The third-order valence-electron chi connectivity index (χ3n) is 3.28. The van der Waals surface area contributed by atoms with Crippen molar-refractivity contribution in [3.63, 3.8) is 0 Å². The fraction of sp³-hybridized carbons (Fsp3) is 0.692. The third-order valence-corrected chi connectivity index (χ3v) is 4.96. The molecular weight excluding hydrogens is 188 g/mol. The van der Waals surface area contributed by atoms with Gasteiger partial charge in [0.25, 0.3) is 0 Å². The van der Waals surface area contributed by atoms with Crippen molar-refractivity contribution in [1.29, 1.82) is 0 Å². The van der Waals surface area contributed by atoms with E-state index in [0.29, 0.717) is 5.41 Å². The molecular formula is C13H22S. The first kappa shape index (κ1) is 11.8. The predicted octanol–water partition coefficient (Wildman–Crippen LogP) is 4.95. The van der Waals surface area contributed by atoms with Gasteiger partial charge in [0.1, 0.15) is 0 Å². The van der Waals surface area contributed by atoms with E-state index in [1.807, 2.05) is 11.3 Å². The van der Waals surface area contributed by atoms with Crippen molar-refractivity contribution in [3.8, 4) is 0 Å². The summed E-state index contributed by atoms with van der Waals surface area (Å²) >= 11 is 2.00. The predicted molar refractivity (Wildman–Crippen MR) is 66.3 cm³/mol. The van der Waals surface area contributed by atoms with Crippen LogP contribution in [0.25, 0.3) is 0 Å². The third kappa shape index (κ3) is 2.38. The van der Waals surface area contributed by atoms with Crippen LogP contribution in [0.3, 0.4) is 0 Å². The fourth-order valence-electron chi connectivity index (χ4n) is 1.36. The molecule has 0 fully saturated rings. The maximum Gasteiger partial charge on any atom is 0.0104 e. The van der Waals surface area contributed by atoms with Gasteiger partial charge in [-0.25, -0.2) is 0 Å². The van der Waals surface area contributed by atoms with Crippen LogP contribution in [0.1, 0.15) is 63.1 Å². The highest BCUT2D eigenvalue weighted by Gasteiger charge is 2.20. The van der Waals surface area contributed by atoms with Gasteiger partial charge in [0.05, 0.1) is 0 Å². The van der Waals surface area contributed by atoms with Gasteiger partial charge >= 0.3 is 0 Å². The highest BCUT2D eigenvalue weighted by atomic mass is 32.1. The van der Waals surface area contributed by atoms with Gasteiger partial charge < -0.3 is 0 Å². The Kier molecular flexibility index (Phi) is 3.77. The molecule has 1 unspecified atom stereocenters.